The van der Waals surface area contributed by atoms with Crippen LogP contribution in [0.15, 0.2) is 110 Å². The highest BCUT2D eigenvalue weighted by atomic mass is 16.5. The van der Waals surface area contributed by atoms with E-state index in [0.717, 1.165) is 34.6 Å². The molecule has 0 bridgehead atoms. The molecule has 0 aliphatic carbocycles. The fraction of sp³-hybridized carbons (Fsp3) is 0.0968. The normalized spacial score (nSPS) is 15.0. The van der Waals surface area contributed by atoms with Gasteiger partial charge in [-0.25, -0.2) is 0 Å². The van der Waals surface area contributed by atoms with E-state index in [1.54, 1.807) is 0 Å². The maximum Gasteiger partial charge on any atom is 0.136 e. The van der Waals surface area contributed by atoms with E-state index in [4.69, 9.17) is 9.47 Å². The lowest BCUT2D eigenvalue weighted by Crippen LogP contribution is -2.25. The molecule has 4 aromatic carbocycles. The van der Waals surface area contributed by atoms with Crippen molar-refractivity contribution in [3.8, 4) is 33.8 Å². The lowest BCUT2D eigenvalue weighted by Gasteiger charge is -2.22. The summed E-state index contributed by atoms with van der Waals surface area (Å²) in [5.74, 6) is 1.70. The summed E-state index contributed by atoms with van der Waals surface area (Å²) >= 11 is 0. The minimum absolute atomic E-state index is 0.0792. The summed E-state index contributed by atoms with van der Waals surface area (Å²) in [5.41, 5.74) is 6.78. The van der Waals surface area contributed by atoms with Gasteiger partial charge in [-0.2, -0.15) is 0 Å². The quantitative estimate of drug-likeness (QED) is 0.320. The Morgan fingerprint density at radius 1 is 0.758 bits per heavy atom. The van der Waals surface area contributed by atoms with Crippen molar-refractivity contribution in [2.75, 3.05) is 6.61 Å². The number of hydrogen-bond acceptors (Lipinski definition) is 2. The minimum Gasteiger partial charge on any atom is -0.489 e. The zero-order valence-electron chi connectivity index (χ0n) is 18.5. The molecule has 1 atom stereocenters. The van der Waals surface area contributed by atoms with E-state index >= 15 is 0 Å². The van der Waals surface area contributed by atoms with Crippen LogP contribution in [0.2, 0.25) is 0 Å². The highest BCUT2D eigenvalue weighted by Gasteiger charge is 2.16. The Bertz CT molecular complexity index is 1270. The van der Waals surface area contributed by atoms with E-state index in [1.165, 1.54) is 16.7 Å². The van der Waals surface area contributed by atoms with E-state index < -0.39 is 0 Å². The van der Waals surface area contributed by atoms with Gasteiger partial charge in [-0.1, -0.05) is 97.6 Å². The van der Waals surface area contributed by atoms with Gasteiger partial charge >= 0.3 is 0 Å². The van der Waals surface area contributed by atoms with Crippen molar-refractivity contribution in [1.29, 1.82) is 0 Å². The van der Waals surface area contributed by atoms with Crippen LogP contribution in [0.25, 0.3) is 34.4 Å². The third-order valence-electron chi connectivity index (χ3n) is 5.87. The van der Waals surface area contributed by atoms with Gasteiger partial charge < -0.3 is 9.47 Å². The van der Waals surface area contributed by atoms with E-state index in [0.29, 0.717) is 6.61 Å². The van der Waals surface area contributed by atoms with E-state index in [1.807, 2.05) is 42.5 Å². The number of hydrogen-bond donors (Lipinski definition) is 0. The van der Waals surface area contributed by atoms with Crippen molar-refractivity contribution >= 4 is 12.2 Å². The molecule has 0 saturated carbocycles. The van der Waals surface area contributed by atoms with Gasteiger partial charge in [0.2, 0.25) is 0 Å². The van der Waals surface area contributed by atoms with Crippen LogP contribution in [-0.2, 0) is 0 Å². The van der Waals surface area contributed by atoms with E-state index in [2.05, 4.69) is 79.4 Å². The number of rotatable bonds is 5. The molecule has 0 spiro atoms. The summed E-state index contributed by atoms with van der Waals surface area (Å²) in [6, 6.07) is 33.3. The molecule has 33 heavy (non-hydrogen) atoms. The molecule has 0 fully saturated rings. The average molecular weight is 431 g/mol. The van der Waals surface area contributed by atoms with Gasteiger partial charge in [0.1, 0.15) is 24.2 Å². The second-order valence-electron chi connectivity index (χ2n) is 8.13. The Hall–Kier alpha value is -4.04. The Kier molecular flexibility index (Phi) is 6.08. The first-order valence-corrected chi connectivity index (χ1v) is 11.3. The average Bonchev–Trinajstić information content (AvgIpc) is 2.87. The molecule has 0 radical (unpaired) electrons. The van der Waals surface area contributed by atoms with Crippen molar-refractivity contribution in [1.82, 2.24) is 0 Å². The Morgan fingerprint density at radius 3 is 2.12 bits per heavy atom. The van der Waals surface area contributed by atoms with Gasteiger partial charge in [-0.15, -0.1) is 0 Å². The predicted molar refractivity (Wildman–Crippen MR) is 137 cm³/mol. The van der Waals surface area contributed by atoms with Crippen molar-refractivity contribution in [3.63, 3.8) is 0 Å². The number of benzene rings is 4. The summed E-state index contributed by atoms with van der Waals surface area (Å²) in [6.07, 6.45) is 6.84. The van der Waals surface area contributed by atoms with Gasteiger partial charge in [-0.05, 0) is 46.5 Å². The van der Waals surface area contributed by atoms with Gasteiger partial charge in [0.25, 0.3) is 0 Å². The molecule has 0 amide bonds. The number of fused-ring (bicyclic) bond motifs is 1. The van der Waals surface area contributed by atoms with Crippen LogP contribution in [0.4, 0.5) is 0 Å². The number of ether oxygens (including phenoxy) is 2. The third-order valence-corrected chi connectivity index (χ3v) is 5.87. The maximum absolute atomic E-state index is 6.36. The zero-order valence-corrected chi connectivity index (χ0v) is 18.5. The lowest BCUT2D eigenvalue weighted by atomic mass is 10.0. The maximum atomic E-state index is 6.36. The molecular weight excluding hydrogens is 404 g/mol. The zero-order chi connectivity index (χ0) is 22.5. The molecule has 0 aromatic heterocycles. The SMILES string of the molecule is C=Cc1cc(-c2ccccc2)ccc1O[C@@H]1CC=Cc2cc(-c3ccccc3)ccc2OC1. The van der Waals surface area contributed by atoms with Gasteiger partial charge in [0.05, 0.1) is 0 Å². The molecule has 2 nitrogen and oxygen atoms in total. The van der Waals surface area contributed by atoms with Crippen LogP contribution in [-0.4, -0.2) is 12.7 Å². The molecule has 1 aliphatic rings. The first-order valence-electron chi connectivity index (χ1n) is 11.3. The molecule has 0 saturated heterocycles. The van der Waals surface area contributed by atoms with Crippen molar-refractivity contribution in [2.45, 2.75) is 12.5 Å². The molecule has 2 heteroatoms. The standard InChI is InChI=1S/C31H26O2/c1-2-23-20-26(24-10-5-3-6-11-24)17-19-31(23)33-29-15-9-14-28-21-27(16-18-30(28)32-22-29)25-12-7-4-8-13-25/h2-14,16-21,29H,1,15,22H2/t29-/m1/s1. The predicted octanol–water partition coefficient (Wildman–Crippen LogP) is 7.91. The molecule has 0 unspecified atom stereocenters. The highest BCUT2D eigenvalue weighted by Crippen LogP contribution is 2.31. The summed E-state index contributed by atoms with van der Waals surface area (Å²) in [7, 11) is 0. The summed E-state index contributed by atoms with van der Waals surface area (Å²) in [4.78, 5) is 0. The largest absolute Gasteiger partial charge is 0.489 e. The van der Waals surface area contributed by atoms with Gasteiger partial charge in [0, 0.05) is 17.5 Å². The van der Waals surface area contributed by atoms with Crippen LogP contribution in [0, 0.1) is 0 Å². The molecule has 1 heterocycles. The Labute approximate surface area is 195 Å². The first kappa shape index (κ1) is 20.8. The molecule has 0 N–H and O–H groups in total. The van der Waals surface area contributed by atoms with Gasteiger partial charge in [-0.3, -0.25) is 0 Å². The summed E-state index contributed by atoms with van der Waals surface area (Å²) < 4.78 is 12.5. The fourth-order valence-corrected chi connectivity index (χ4v) is 4.11. The first-order chi connectivity index (χ1) is 16.3. The van der Waals surface area contributed by atoms with Crippen LogP contribution < -0.4 is 9.47 Å². The topological polar surface area (TPSA) is 18.5 Å². The molecule has 4 aromatic rings. The summed E-state index contributed by atoms with van der Waals surface area (Å²) in [5, 5.41) is 0. The summed E-state index contributed by atoms with van der Waals surface area (Å²) in [6.45, 7) is 4.48. The fourth-order valence-electron chi connectivity index (χ4n) is 4.11. The van der Waals surface area contributed by atoms with E-state index in [9.17, 15) is 0 Å². The Balaban J connectivity index is 1.33. The van der Waals surface area contributed by atoms with Crippen LogP contribution in [0.5, 0.6) is 11.5 Å². The lowest BCUT2D eigenvalue weighted by molar-refractivity contribution is 0.129. The van der Waals surface area contributed by atoms with Crippen LogP contribution >= 0.6 is 0 Å². The minimum atomic E-state index is -0.0792. The van der Waals surface area contributed by atoms with Crippen molar-refractivity contribution < 1.29 is 9.47 Å². The second-order valence-corrected chi connectivity index (χ2v) is 8.13. The van der Waals surface area contributed by atoms with Crippen LogP contribution in [0.1, 0.15) is 17.5 Å². The Morgan fingerprint density at radius 2 is 1.42 bits per heavy atom. The van der Waals surface area contributed by atoms with Crippen molar-refractivity contribution in [2.24, 2.45) is 0 Å². The molecule has 1 aliphatic heterocycles. The van der Waals surface area contributed by atoms with Crippen molar-refractivity contribution in [3.05, 3.63) is 121 Å². The second kappa shape index (κ2) is 9.62. The molecule has 162 valence electrons. The van der Waals surface area contributed by atoms with Gasteiger partial charge in [0.15, 0.2) is 0 Å². The van der Waals surface area contributed by atoms with Crippen LogP contribution in [0.3, 0.4) is 0 Å². The molecular formula is C31H26O2. The smallest absolute Gasteiger partial charge is 0.136 e. The highest BCUT2D eigenvalue weighted by molar-refractivity contribution is 5.71. The monoisotopic (exact) mass is 430 g/mol. The van der Waals surface area contributed by atoms with E-state index in [-0.39, 0.29) is 6.10 Å². The third kappa shape index (κ3) is 4.75. The molecule has 5 rings (SSSR count).